The van der Waals surface area contributed by atoms with Crippen LogP contribution in [0.3, 0.4) is 0 Å². The molecule has 0 spiro atoms. The topological polar surface area (TPSA) is 30.7 Å². The minimum atomic E-state index is -0.315. The van der Waals surface area contributed by atoms with Crippen molar-refractivity contribution >= 4 is 11.6 Å². The van der Waals surface area contributed by atoms with Gasteiger partial charge >= 0.3 is 0 Å². The number of halogens is 2. The quantitative estimate of drug-likeness (QED) is 0.681. The number of nitrogens with zero attached hydrogens (tertiary/aromatic N) is 3. The van der Waals surface area contributed by atoms with E-state index in [1.165, 1.54) is 12.1 Å². The number of hydrogen-bond acceptors (Lipinski definition) is 2. The fraction of sp³-hybridized carbons (Fsp3) is 0.125. The molecule has 3 aromatic rings. The third kappa shape index (κ3) is 2.67. The van der Waals surface area contributed by atoms with Gasteiger partial charge in [0.1, 0.15) is 11.5 Å². The lowest BCUT2D eigenvalue weighted by Crippen LogP contribution is -2.00. The SMILES string of the molecule is Cc1ccc(-c2c(CCl)nnn2-c2cccc(F)c2)cc1. The number of aryl methyl sites for hydroxylation is 1. The molecule has 0 aliphatic heterocycles. The second kappa shape index (κ2) is 5.66. The van der Waals surface area contributed by atoms with Crippen LogP contribution in [0, 0.1) is 12.7 Å². The predicted octanol–water partition coefficient (Wildman–Crippen LogP) is 4.12. The summed E-state index contributed by atoms with van der Waals surface area (Å²) in [4.78, 5) is 0. The van der Waals surface area contributed by atoms with Crippen LogP contribution in [-0.2, 0) is 5.88 Å². The van der Waals surface area contributed by atoms with Gasteiger partial charge in [0.15, 0.2) is 0 Å². The summed E-state index contributed by atoms with van der Waals surface area (Å²) in [5, 5.41) is 8.21. The van der Waals surface area contributed by atoms with Crippen LogP contribution in [0.25, 0.3) is 16.9 Å². The molecule has 21 heavy (non-hydrogen) atoms. The van der Waals surface area contributed by atoms with Gasteiger partial charge in [-0.05, 0) is 25.1 Å². The molecule has 0 radical (unpaired) electrons. The Morgan fingerprint density at radius 1 is 1.14 bits per heavy atom. The van der Waals surface area contributed by atoms with Gasteiger partial charge in [-0.3, -0.25) is 0 Å². The highest BCUT2D eigenvalue weighted by Gasteiger charge is 2.15. The zero-order valence-corrected chi connectivity index (χ0v) is 12.2. The van der Waals surface area contributed by atoms with Gasteiger partial charge in [0.2, 0.25) is 0 Å². The maximum absolute atomic E-state index is 13.4. The standard InChI is InChI=1S/C16H13ClFN3/c1-11-5-7-12(8-6-11)16-15(10-17)19-20-21(16)14-4-2-3-13(18)9-14/h2-9H,10H2,1H3. The minimum Gasteiger partial charge on any atom is -0.212 e. The number of hydrogen-bond donors (Lipinski definition) is 0. The first-order chi connectivity index (χ1) is 10.2. The Kier molecular flexibility index (Phi) is 3.71. The Hall–Kier alpha value is -2.20. The van der Waals surface area contributed by atoms with Gasteiger partial charge in [-0.15, -0.1) is 16.7 Å². The average Bonchev–Trinajstić information content (AvgIpc) is 2.92. The van der Waals surface area contributed by atoms with Crippen LogP contribution in [0.1, 0.15) is 11.3 Å². The van der Waals surface area contributed by atoms with Crippen molar-refractivity contribution in [2.24, 2.45) is 0 Å². The summed E-state index contributed by atoms with van der Waals surface area (Å²) >= 11 is 5.96. The molecule has 0 aliphatic rings. The summed E-state index contributed by atoms with van der Waals surface area (Å²) in [6.45, 7) is 2.02. The van der Waals surface area contributed by atoms with Crippen LogP contribution < -0.4 is 0 Å². The van der Waals surface area contributed by atoms with E-state index in [0.717, 1.165) is 16.8 Å². The first-order valence-electron chi connectivity index (χ1n) is 6.52. The largest absolute Gasteiger partial charge is 0.212 e. The molecule has 0 amide bonds. The van der Waals surface area contributed by atoms with Gasteiger partial charge in [0.25, 0.3) is 0 Å². The molecule has 0 saturated carbocycles. The van der Waals surface area contributed by atoms with Gasteiger partial charge < -0.3 is 0 Å². The van der Waals surface area contributed by atoms with Gasteiger partial charge in [-0.1, -0.05) is 41.1 Å². The summed E-state index contributed by atoms with van der Waals surface area (Å²) < 4.78 is 15.1. The van der Waals surface area contributed by atoms with Crippen molar-refractivity contribution in [3.05, 3.63) is 65.6 Å². The highest BCUT2D eigenvalue weighted by molar-refractivity contribution is 6.17. The maximum atomic E-state index is 13.4. The lowest BCUT2D eigenvalue weighted by molar-refractivity contribution is 0.625. The zero-order valence-electron chi connectivity index (χ0n) is 11.4. The highest BCUT2D eigenvalue weighted by Crippen LogP contribution is 2.26. The maximum Gasteiger partial charge on any atom is 0.125 e. The van der Waals surface area contributed by atoms with Crippen molar-refractivity contribution in [2.45, 2.75) is 12.8 Å². The first-order valence-corrected chi connectivity index (χ1v) is 7.06. The molecule has 3 rings (SSSR count). The second-order valence-corrected chi connectivity index (χ2v) is 5.04. The van der Waals surface area contributed by atoms with Gasteiger partial charge in [-0.25, -0.2) is 9.07 Å². The van der Waals surface area contributed by atoms with Crippen molar-refractivity contribution in [3.63, 3.8) is 0 Å². The van der Waals surface area contributed by atoms with Gasteiger partial charge in [0, 0.05) is 5.56 Å². The van der Waals surface area contributed by atoms with E-state index in [1.807, 2.05) is 31.2 Å². The molecule has 0 saturated heterocycles. The lowest BCUT2D eigenvalue weighted by Gasteiger charge is -2.08. The summed E-state index contributed by atoms with van der Waals surface area (Å²) in [6.07, 6.45) is 0. The molecule has 3 nitrogen and oxygen atoms in total. The molecule has 0 aliphatic carbocycles. The number of aromatic nitrogens is 3. The van der Waals surface area contributed by atoms with Crippen molar-refractivity contribution < 1.29 is 4.39 Å². The molecule has 0 atom stereocenters. The summed E-state index contributed by atoms with van der Waals surface area (Å²) in [7, 11) is 0. The molecule has 1 aromatic heterocycles. The summed E-state index contributed by atoms with van der Waals surface area (Å²) in [5.41, 5.74) is 4.19. The monoisotopic (exact) mass is 301 g/mol. The van der Waals surface area contributed by atoms with Crippen molar-refractivity contribution in [3.8, 4) is 16.9 Å². The van der Waals surface area contributed by atoms with E-state index in [2.05, 4.69) is 10.3 Å². The molecular weight excluding hydrogens is 289 g/mol. The molecule has 0 bridgehead atoms. The van der Waals surface area contributed by atoms with E-state index >= 15 is 0 Å². The van der Waals surface area contributed by atoms with E-state index in [-0.39, 0.29) is 11.7 Å². The van der Waals surface area contributed by atoms with E-state index in [1.54, 1.807) is 16.8 Å². The molecule has 2 aromatic carbocycles. The van der Waals surface area contributed by atoms with Crippen LogP contribution in [0.15, 0.2) is 48.5 Å². The molecular formula is C16H13ClFN3. The molecule has 0 unspecified atom stereocenters. The van der Waals surface area contributed by atoms with Crippen molar-refractivity contribution in [2.75, 3.05) is 0 Å². The minimum absolute atomic E-state index is 0.249. The zero-order chi connectivity index (χ0) is 14.8. The first kappa shape index (κ1) is 13.8. The number of benzene rings is 2. The number of rotatable bonds is 3. The normalized spacial score (nSPS) is 10.8. The lowest BCUT2D eigenvalue weighted by atomic mass is 10.1. The molecule has 1 heterocycles. The Bertz CT molecular complexity index is 765. The van der Waals surface area contributed by atoms with Crippen LogP contribution in [0.5, 0.6) is 0 Å². The van der Waals surface area contributed by atoms with Crippen molar-refractivity contribution in [1.82, 2.24) is 15.0 Å². The van der Waals surface area contributed by atoms with Gasteiger partial charge in [0.05, 0.1) is 17.3 Å². The van der Waals surface area contributed by atoms with Crippen LogP contribution in [0.2, 0.25) is 0 Å². The van der Waals surface area contributed by atoms with Crippen LogP contribution in [0.4, 0.5) is 4.39 Å². The average molecular weight is 302 g/mol. The van der Waals surface area contributed by atoms with Crippen LogP contribution >= 0.6 is 11.6 Å². The summed E-state index contributed by atoms with van der Waals surface area (Å²) in [5.74, 6) is -0.0660. The fourth-order valence-corrected chi connectivity index (χ4v) is 2.37. The third-order valence-corrected chi connectivity index (χ3v) is 3.50. The molecule has 0 N–H and O–H groups in total. The van der Waals surface area contributed by atoms with Gasteiger partial charge in [-0.2, -0.15) is 0 Å². The Balaban J connectivity index is 2.19. The van der Waals surface area contributed by atoms with Crippen molar-refractivity contribution in [1.29, 1.82) is 0 Å². The Morgan fingerprint density at radius 2 is 1.90 bits per heavy atom. The predicted molar refractivity (Wildman–Crippen MR) is 81.0 cm³/mol. The Labute approximate surface area is 127 Å². The molecule has 106 valence electrons. The van der Waals surface area contributed by atoms with E-state index < -0.39 is 0 Å². The fourth-order valence-electron chi connectivity index (χ4n) is 2.19. The number of alkyl halides is 1. The Morgan fingerprint density at radius 3 is 2.57 bits per heavy atom. The van der Waals surface area contributed by atoms with Crippen LogP contribution in [-0.4, -0.2) is 15.0 Å². The smallest absolute Gasteiger partial charge is 0.125 e. The highest BCUT2D eigenvalue weighted by atomic mass is 35.5. The molecule has 5 heteroatoms. The molecule has 0 fully saturated rings. The van der Waals surface area contributed by atoms with E-state index in [0.29, 0.717) is 11.4 Å². The van der Waals surface area contributed by atoms with E-state index in [9.17, 15) is 4.39 Å². The third-order valence-electron chi connectivity index (χ3n) is 3.24. The van der Waals surface area contributed by atoms with E-state index in [4.69, 9.17) is 11.6 Å². The second-order valence-electron chi connectivity index (χ2n) is 4.78. The summed E-state index contributed by atoms with van der Waals surface area (Å²) in [6, 6.07) is 14.2.